The van der Waals surface area contributed by atoms with Crippen LogP contribution in [0.3, 0.4) is 0 Å². The van der Waals surface area contributed by atoms with E-state index < -0.39 is 6.04 Å². The molecule has 0 aliphatic heterocycles. The Morgan fingerprint density at radius 2 is 2.36 bits per heavy atom. The molecule has 0 heterocycles. The van der Waals surface area contributed by atoms with E-state index in [1.807, 2.05) is 6.92 Å². The van der Waals surface area contributed by atoms with Crippen LogP contribution in [0.5, 0.6) is 0 Å². The zero-order chi connectivity index (χ0) is 10.6. The summed E-state index contributed by atoms with van der Waals surface area (Å²) in [5, 5.41) is 12.0. The summed E-state index contributed by atoms with van der Waals surface area (Å²) in [6, 6.07) is -0.278. The van der Waals surface area contributed by atoms with Crippen LogP contribution >= 0.6 is 0 Å². The summed E-state index contributed by atoms with van der Waals surface area (Å²) >= 11 is 0. The van der Waals surface area contributed by atoms with Gasteiger partial charge < -0.3 is 16.2 Å². The van der Waals surface area contributed by atoms with Crippen molar-refractivity contribution in [3.63, 3.8) is 0 Å². The SMILES string of the molecule is CC[C@H](N)C(=O)NC1CCCC1CO. The lowest BCUT2D eigenvalue weighted by molar-refractivity contribution is -0.123. The van der Waals surface area contributed by atoms with Crippen LogP contribution in [0.4, 0.5) is 0 Å². The van der Waals surface area contributed by atoms with Crippen molar-refractivity contribution in [3.05, 3.63) is 0 Å². The summed E-state index contributed by atoms with van der Waals surface area (Å²) in [5.74, 6) is 0.140. The number of aliphatic hydroxyl groups is 1. The summed E-state index contributed by atoms with van der Waals surface area (Å²) in [5.41, 5.74) is 5.61. The van der Waals surface area contributed by atoms with Crippen LogP contribution in [0, 0.1) is 5.92 Å². The van der Waals surface area contributed by atoms with Gasteiger partial charge in [0.2, 0.25) is 5.91 Å². The Labute approximate surface area is 84.9 Å². The first kappa shape index (κ1) is 11.5. The minimum absolute atomic E-state index is 0.0853. The monoisotopic (exact) mass is 200 g/mol. The predicted molar refractivity (Wildman–Crippen MR) is 54.6 cm³/mol. The van der Waals surface area contributed by atoms with Crippen molar-refractivity contribution in [2.75, 3.05) is 6.61 Å². The Morgan fingerprint density at radius 3 is 2.93 bits per heavy atom. The normalized spacial score (nSPS) is 28.8. The molecule has 1 rings (SSSR count). The van der Waals surface area contributed by atoms with Crippen LogP contribution in [0.2, 0.25) is 0 Å². The highest BCUT2D eigenvalue weighted by atomic mass is 16.3. The number of nitrogens with two attached hydrogens (primary N) is 1. The van der Waals surface area contributed by atoms with E-state index in [-0.39, 0.29) is 24.5 Å². The molecular weight excluding hydrogens is 180 g/mol. The average Bonchev–Trinajstić information content (AvgIpc) is 2.63. The van der Waals surface area contributed by atoms with Gasteiger partial charge in [-0.2, -0.15) is 0 Å². The van der Waals surface area contributed by atoms with E-state index in [0.717, 1.165) is 19.3 Å². The quantitative estimate of drug-likeness (QED) is 0.598. The van der Waals surface area contributed by atoms with E-state index in [1.54, 1.807) is 0 Å². The molecule has 1 aliphatic rings. The van der Waals surface area contributed by atoms with Crippen LogP contribution in [0.25, 0.3) is 0 Å². The van der Waals surface area contributed by atoms with Crippen molar-refractivity contribution in [3.8, 4) is 0 Å². The molecule has 0 saturated heterocycles. The molecule has 0 aromatic rings. The van der Waals surface area contributed by atoms with Crippen molar-refractivity contribution in [2.45, 2.75) is 44.7 Å². The fourth-order valence-corrected chi connectivity index (χ4v) is 1.92. The largest absolute Gasteiger partial charge is 0.396 e. The number of aliphatic hydroxyl groups excluding tert-OH is 1. The molecule has 3 atom stereocenters. The standard InChI is InChI=1S/C10H20N2O2/c1-2-8(11)10(14)12-9-5-3-4-7(9)6-13/h7-9,13H,2-6,11H2,1H3,(H,12,14)/t7?,8-,9?/m0/s1. The molecule has 0 aromatic carbocycles. The summed E-state index contributed by atoms with van der Waals surface area (Å²) in [6.45, 7) is 2.05. The zero-order valence-electron chi connectivity index (χ0n) is 8.70. The molecule has 14 heavy (non-hydrogen) atoms. The molecule has 4 heteroatoms. The van der Waals surface area contributed by atoms with Gasteiger partial charge in [-0.3, -0.25) is 4.79 Å². The van der Waals surface area contributed by atoms with Gasteiger partial charge in [-0.15, -0.1) is 0 Å². The number of hydrogen-bond acceptors (Lipinski definition) is 3. The first-order valence-electron chi connectivity index (χ1n) is 5.35. The molecule has 2 unspecified atom stereocenters. The molecule has 1 fully saturated rings. The van der Waals surface area contributed by atoms with Gasteiger partial charge in [0.25, 0.3) is 0 Å². The van der Waals surface area contributed by atoms with Gasteiger partial charge in [0, 0.05) is 18.6 Å². The fraction of sp³-hybridized carbons (Fsp3) is 0.900. The first-order valence-corrected chi connectivity index (χ1v) is 5.35. The fourth-order valence-electron chi connectivity index (χ4n) is 1.92. The van der Waals surface area contributed by atoms with E-state index in [9.17, 15) is 4.79 Å². The number of nitrogens with one attached hydrogen (secondary N) is 1. The smallest absolute Gasteiger partial charge is 0.237 e. The molecule has 4 N–H and O–H groups in total. The second-order valence-electron chi connectivity index (χ2n) is 4.00. The lowest BCUT2D eigenvalue weighted by Crippen LogP contribution is -2.46. The third-order valence-corrected chi connectivity index (χ3v) is 3.00. The van der Waals surface area contributed by atoms with Crippen LogP contribution in [0.1, 0.15) is 32.6 Å². The number of amides is 1. The minimum Gasteiger partial charge on any atom is -0.396 e. The summed E-state index contributed by atoms with van der Waals surface area (Å²) < 4.78 is 0. The van der Waals surface area contributed by atoms with Gasteiger partial charge in [0.15, 0.2) is 0 Å². The third kappa shape index (κ3) is 2.69. The molecule has 1 amide bonds. The Kier molecular flexibility index (Phi) is 4.35. The molecule has 4 nitrogen and oxygen atoms in total. The second-order valence-corrected chi connectivity index (χ2v) is 4.00. The zero-order valence-corrected chi connectivity index (χ0v) is 8.70. The molecule has 82 valence electrons. The molecule has 1 saturated carbocycles. The first-order chi connectivity index (χ1) is 6.69. The van der Waals surface area contributed by atoms with E-state index in [4.69, 9.17) is 10.8 Å². The maximum absolute atomic E-state index is 11.5. The van der Waals surface area contributed by atoms with E-state index >= 15 is 0 Å². The van der Waals surface area contributed by atoms with Crippen LogP contribution in [-0.2, 0) is 4.79 Å². The van der Waals surface area contributed by atoms with Gasteiger partial charge >= 0.3 is 0 Å². The average molecular weight is 200 g/mol. The van der Waals surface area contributed by atoms with Crippen molar-refractivity contribution in [2.24, 2.45) is 11.7 Å². The van der Waals surface area contributed by atoms with Gasteiger partial charge in [0.05, 0.1) is 6.04 Å². The Bertz CT molecular complexity index is 197. The maximum atomic E-state index is 11.5. The van der Waals surface area contributed by atoms with E-state index in [0.29, 0.717) is 6.42 Å². The van der Waals surface area contributed by atoms with Crippen LogP contribution in [-0.4, -0.2) is 29.7 Å². The van der Waals surface area contributed by atoms with Gasteiger partial charge in [-0.05, 0) is 19.3 Å². The highest BCUT2D eigenvalue weighted by Crippen LogP contribution is 2.24. The second kappa shape index (κ2) is 5.32. The molecule has 0 bridgehead atoms. The van der Waals surface area contributed by atoms with Gasteiger partial charge in [0.1, 0.15) is 0 Å². The highest BCUT2D eigenvalue weighted by Gasteiger charge is 2.28. The summed E-state index contributed by atoms with van der Waals surface area (Å²) in [6.07, 6.45) is 3.70. The predicted octanol–water partition coefficient (Wildman–Crippen LogP) is 0.000900. The number of hydrogen-bond donors (Lipinski definition) is 3. The van der Waals surface area contributed by atoms with Crippen molar-refractivity contribution in [1.29, 1.82) is 0 Å². The topological polar surface area (TPSA) is 75.4 Å². The Balaban J connectivity index is 2.39. The maximum Gasteiger partial charge on any atom is 0.237 e. The number of carbonyl (C=O) groups excluding carboxylic acids is 1. The molecule has 0 spiro atoms. The van der Waals surface area contributed by atoms with Gasteiger partial charge in [-0.25, -0.2) is 0 Å². The Morgan fingerprint density at radius 1 is 1.64 bits per heavy atom. The van der Waals surface area contributed by atoms with Crippen LogP contribution < -0.4 is 11.1 Å². The molecule has 1 aliphatic carbocycles. The number of carbonyl (C=O) groups is 1. The lowest BCUT2D eigenvalue weighted by Gasteiger charge is -2.20. The summed E-state index contributed by atoms with van der Waals surface area (Å²) in [7, 11) is 0. The third-order valence-electron chi connectivity index (χ3n) is 3.00. The number of rotatable bonds is 4. The molecule has 0 radical (unpaired) electrons. The van der Waals surface area contributed by atoms with Gasteiger partial charge in [-0.1, -0.05) is 13.3 Å². The molecular formula is C10H20N2O2. The van der Waals surface area contributed by atoms with E-state index in [2.05, 4.69) is 5.32 Å². The molecule has 0 aromatic heterocycles. The summed E-state index contributed by atoms with van der Waals surface area (Å²) in [4.78, 5) is 11.5. The van der Waals surface area contributed by atoms with Crippen LogP contribution in [0.15, 0.2) is 0 Å². The minimum atomic E-state index is -0.407. The van der Waals surface area contributed by atoms with E-state index in [1.165, 1.54) is 0 Å². The van der Waals surface area contributed by atoms with Crippen molar-refractivity contribution < 1.29 is 9.90 Å². The lowest BCUT2D eigenvalue weighted by atomic mass is 10.0. The Hall–Kier alpha value is -0.610. The van der Waals surface area contributed by atoms with Crippen molar-refractivity contribution in [1.82, 2.24) is 5.32 Å². The highest BCUT2D eigenvalue weighted by molar-refractivity contribution is 5.81. The van der Waals surface area contributed by atoms with Crippen molar-refractivity contribution >= 4 is 5.91 Å².